The molecule has 0 spiro atoms. The Balaban J connectivity index is 2.76. The van der Waals surface area contributed by atoms with Crippen LogP contribution in [0.15, 0.2) is 18.2 Å². The summed E-state index contributed by atoms with van der Waals surface area (Å²) in [6, 6.07) is 1.87. The minimum absolute atomic E-state index is 0.363. The molecule has 0 saturated carbocycles. The first-order chi connectivity index (χ1) is 9.31. The van der Waals surface area contributed by atoms with Crippen LogP contribution in [-0.2, 0) is 26.1 Å². The van der Waals surface area contributed by atoms with Crippen molar-refractivity contribution >= 4 is 22.7 Å². The molecule has 2 N–H and O–H groups in total. The van der Waals surface area contributed by atoms with E-state index in [4.69, 9.17) is 5.11 Å². The molecule has 0 fully saturated rings. The average molecular weight is 305 g/mol. The molecule has 2 atom stereocenters. The Hall–Kier alpha value is -1.83. The van der Waals surface area contributed by atoms with Gasteiger partial charge in [-0.05, 0) is 12.1 Å². The van der Waals surface area contributed by atoms with Gasteiger partial charge in [-0.25, -0.2) is 13.6 Å². The number of hydrogen-bond donors (Lipinski definition) is 2. The molecule has 0 aliphatic heterocycles. The number of halogens is 2. The van der Waals surface area contributed by atoms with E-state index in [2.05, 4.69) is 5.32 Å². The summed E-state index contributed by atoms with van der Waals surface area (Å²) in [5.41, 5.74) is -0.363. The molecule has 0 saturated heterocycles. The van der Waals surface area contributed by atoms with Gasteiger partial charge < -0.3 is 10.4 Å². The van der Waals surface area contributed by atoms with Crippen LogP contribution >= 0.6 is 0 Å². The number of carboxylic acids is 1. The van der Waals surface area contributed by atoms with Gasteiger partial charge in [0.05, 0.1) is 11.5 Å². The van der Waals surface area contributed by atoms with Gasteiger partial charge in [-0.2, -0.15) is 0 Å². The Kier molecular flexibility index (Phi) is 5.75. The molecule has 1 unspecified atom stereocenters. The molecular formula is C12H13F2NO4S. The van der Waals surface area contributed by atoms with Crippen LogP contribution in [0.4, 0.5) is 8.78 Å². The molecule has 8 heteroatoms. The quantitative estimate of drug-likeness (QED) is 0.814. The number of rotatable bonds is 6. The van der Waals surface area contributed by atoms with Gasteiger partial charge in [-0.1, -0.05) is 6.07 Å². The summed E-state index contributed by atoms with van der Waals surface area (Å²) < 4.78 is 38.5. The number of benzene rings is 1. The van der Waals surface area contributed by atoms with E-state index in [1.807, 2.05) is 0 Å². The molecule has 0 aliphatic carbocycles. The van der Waals surface area contributed by atoms with E-state index in [-0.39, 0.29) is 5.56 Å². The summed E-state index contributed by atoms with van der Waals surface area (Å²) in [5, 5.41) is 11.0. The maximum absolute atomic E-state index is 13.4. The Morgan fingerprint density at radius 2 is 1.90 bits per heavy atom. The predicted octanol–water partition coefficient (Wildman–Crippen LogP) is 0.803. The first kappa shape index (κ1) is 16.2. The first-order valence-corrected chi connectivity index (χ1v) is 7.08. The summed E-state index contributed by atoms with van der Waals surface area (Å²) in [6.07, 6.45) is 0. The van der Waals surface area contributed by atoms with E-state index in [9.17, 15) is 22.6 Å². The highest BCUT2D eigenvalue weighted by Crippen LogP contribution is 2.14. The zero-order chi connectivity index (χ0) is 15.3. The zero-order valence-electron chi connectivity index (χ0n) is 10.6. The summed E-state index contributed by atoms with van der Waals surface area (Å²) in [6.45, 7) is 1.12. The van der Waals surface area contributed by atoms with Gasteiger partial charge in [0.15, 0.2) is 0 Å². The van der Waals surface area contributed by atoms with Gasteiger partial charge >= 0.3 is 5.97 Å². The zero-order valence-corrected chi connectivity index (χ0v) is 11.4. The van der Waals surface area contributed by atoms with Crippen LogP contribution in [0.3, 0.4) is 0 Å². The number of nitrogens with one attached hydrogen (secondary N) is 1. The van der Waals surface area contributed by atoms with Gasteiger partial charge in [-0.3, -0.25) is 9.00 Å². The fourth-order valence-corrected chi connectivity index (χ4v) is 2.81. The molecule has 5 nitrogen and oxygen atoms in total. The monoisotopic (exact) mass is 305 g/mol. The van der Waals surface area contributed by atoms with Gasteiger partial charge in [-0.15, -0.1) is 0 Å². The number of hydrogen-bond acceptors (Lipinski definition) is 3. The Morgan fingerprint density at radius 1 is 1.35 bits per heavy atom. The van der Waals surface area contributed by atoms with Crippen LogP contribution < -0.4 is 5.32 Å². The highest BCUT2D eigenvalue weighted by atomic mass is 32.2. The first-order valence-electron chi connectivity index (χ1n) is 5.59. The Bertz CT molecular complexity index is 530. The van der Waals surface area contributed by atoms with Crippen molar-refractivity contribution in [1.29, 1.82) is 0 Å². The van der Waals surface area contributed by atoms with Crippen molar-refractivity contribution in [2.75, 3.05) is 5.75 Å². The number of aliphatic carboxylic acids is 1. The number of carbonyl (C=O) groups is 2. The van der Waals surface area contributed by atoms with Crippen LogP contribution in [0.5, 0.6) is 0 Å². The molecule has 0 aliphatic rings. The van der Waals surface area contributed by atoms with Crippen molar-refractivity contribution in [3.63, 3.8) is 0 Å². The molecule has 1 aromatic rings. The summed E-state index contributed by atoms with van der Waals surface area (Å²) >= 11 is 0. The van der Waals surface area contributed by atoms with Crippen molar-refractivity contribution in [2.45, 2.75) is 18.7 Å². The van der Waals surface area contributed by atoms with Crippen LogP contribution in [-0.4, -0.2) is 33.0 Å². The second-order valence-corrected chi connectivity index (χ2v) is 5.54. The second kappa shape index (κ2) is 7.09. The molecular weight excluding hydrogens is 292 g/mol. The van der Waals surface area contributed by atoms with Crippen LogP contribution in [0, 0.1) is 11.6 Å². The average Bonchev–Trinajstić information content (AvgIpc) is 2.32. The third-order valence-electron chi connectivity index (χ3n) is 2.40. The lowest BCUT2D eigenvalue weighted by molar-refractivity contribution is -0.140. The van der Waals surface area contributed by atoms with Crippen LogP contribution in [0.25, 0.3) is 0 Å². The third kappa shape index (κ3) is 4.69. The third-order valence-corrected chi connectivity index (χ3v) is 3.71. The smallest absolute Gasteiger partial charge is 0.327 e. The highest BCUT2D eigenvalue weighted by Gasteiger charge is 2.22. The van der Waals surface area contributed by atoms with Crippen molar-refractivity contribution in [1.82, 2.24) is 5.32 Å². The minimum atomic E-state index is -1.83. The highest BCUT2D eigenvalue weighted by molar-refractivity contribution is 7.84. The molecule has 110 valence electrons. The van der Waals surface area contributed by atoms with Gasteiger partial charge in [0.2, 0.25) is 5.91 Å². The Morgan fingerprint density at radius 3 is 2.35 bits per heavy atom. The van der Waals surface area contributed by atoms with Gasteiger partial charge in [0, 0.05) is 23.3 Å². The van der Waals surface area contributed by atoms with E-state index in [0.29, 0.717) is 0 Å². The Labute approximate surface area is 116 Å². The standard InChI is InChI=1S/C12H13F2NO4S/c1-7(16)15-11(12(17)18)6-20(19)5-8-9(13)3-2-4-10(8)14/h2-4,11H,5-6H2,1H3,(H,15,16)(H,17,18)/t11-,20?/m0/s1. The van der Waals surface area contributed by atoms with Crippen molar-refractivity contribution in [3.8, 4) is 0 Å². The molecule has 0 bridgehead atoms. The molecule has 1 amide bonds. The lowest BCUT2D eigenvalue weighted by Crippen LogP contribution is -2.43. The molecule has 20 heavy (non-hydrogen) atoms. The van der Waals surface area contributed by atoms with Crippen LogP contribution in [0.2, 0.25) is 0 Å². The second-order valence-electron chi connectivity index (χ2n) is 4.04. The van der Waals surface area contributed by atoms with Crippen molar-refractivity contribution < 1.29 is 27.7 Å². The minimum Gasteiger partial charge on any atom is -0.480 e. The van der Waals surface area contributed by atoms with Crippen molar-refractivity contribution in [2.24, 2.45) is 0 Å². The molecule has 0 aromatic heterocycles. The normalized spacial score (nSPS) is 13.6. The SMILES string of the molecule is CC(=O)N[C@@H](CS(=O)Cc1c(F)cccc1F)C(=O)O. The molecule has 1 rings (SSSR count). The largest absolute Gasteiger partial charge is 0.480 e. The maximum Gasteiger partial charge on any atom is 0.327 e. The maximum atomic E-state index is 13.4. The summed E-state index contributed by atoms with van der Waals surface area (Å²) in [5.74, 6) is -4.52. The summed E-state index contributed by atoms with van der Waals surface area (Å²) in [7, 11) is -1.83. The van der Waals surface area contributed by atoms with E-state index in [0.717, 1.165) is 19.1 Å². The van der Waals surface area contributed by atoms with Gasteiger partial charge in [0.25, 0.3) is 0 Å². The van der Waals surface area contributed by atoms with Gasteiger partial charge in [0.1, 0.15) is 17.7 Å². The lowest BCUT2D eigenvalue weighted by atomic mass is 10.2. The number of carboxylic acid groups (broad SMARTS) is 1. The van der Waals surface area contributed by atoms with E-state index in [1.54, 1.807) is 0 Å². The number of amides is 1. The van der Waals surface area contributed by atoms with Crippen molar-refractivity contribution in [3.05, 3.63) is 35.4 Å². The topological polar surface area (TPSA) is 83.5 Å². The van der Waals surface area contributed by atoms with E-state index < -0.39 is 51.9 Å². The van der Waals surface area contributed by atoms with Crippen LogP contribution in [0.1, 0.15) is 12.5 Å². The summed E-state index contributed by atoms with van der Waals surface area (Å²) in [4.78, 5) is 21.7. The lowest BCUT2D eigenvalue weighted by Gasteiger charge is -2.13. The molecule has 1 aromatic carbocycles. The number of carbonyl (C=O) groups excluding carboxylic acids is 1. The predicted molar refractivity (Wildman–Crippen MR) is 68.3 cm³/mol. The van der Waals surface area contributed by atoms with E-state index in [1.165, 1.54) is 6.07 Å². The fourth-order valence-electron chi connectivity index (χ4n) is 1.50. The molecule has 0 radical (unpaired) electrons. The fraction of sp³-hybridized carbons (Fsp3) is 0.333. The molecule has 0 heterocycles. The van der Waals surface area contributed by atoms with E-state index >= 15 is 0 Å².